The fraction of sp³-hybridized carbons (Fsp3) is 0.526. The van der Waals surface area contributed by atoms with Gasteiger partial charge in [0.25, 0.3) is 0 Å². The predicted octanol–water partition coefficient (Wildman–Crippen LogP) is 3.23. The average molecular weight is 361 g/mol. The molecule has 0 aliphatic carbocycles. The lowest BCUT2D eigenvalue weighted by atomic mass is 10.2. The number of ether oxygens (including phenoxy) is 2. The number of benzene rings is 1. The minimum absolute atomic E-state index is 0.0542. The molecule has 0 fully saturated rings. The number of aromatic nitrogens is 2. The van der Waals surface area contributed by atoms with Crippen LogP contribution in [-0.2, 0) is 20.7 Å². The van der Waals surface area contributed by atoms with Crippen LogP contribution in [0.25, 0.3) is 11.0 Å². The van der Waals surface area contributed by atoms with Crippen molar-refractivity contribution < 1.29 is 19.1 Å². The van der Waals surface area contributed by atoms with Crippen LogP contribution in [0.1, 0.15) is 46.0 Å². The number of para-hydroxylation sites is 2. The normalized spacial score (nSPS) is 12.7. The van der Waals surface area contributed by atoms with E-state index < -0.39 is 23.7 Å². The van der Waals surface area contributed by atoms with Gasteiger partial charge in [0, 0.05) is 6.42 Å². The Morgan fingerprint density at radius 2 is 1.96 bits per heavy atom. The Balaban J connectivity index is 2.35. The summed E-state index contributed by atoms with van der Waals surface area (Å²) in [6, 6.07) is 6.89. The summed E-state index contributed by atoms with van der Waals surface area (Å²) in [5, 5.41) is 2.67. The number of carbonyl (C=O) groups is 2. The second-order valence-corrected chi connectivity index (χ2v) is 7.06. The lowest BCUT2D eigenvalue weighted by molar-refractivity contribution is -0.144. The zero-order valence-electron chi connectivity index (χ0n) is 16.0. The smallest absolute Gasteiger partial charge is 0.407 e. The van der Waals surface area contributed by atoms with Crippen LogP contribution in [0.15, 0.2) is 24.3 Å². The molecule has 1 unspecified atom stereocenters. The molecule has 0 spiro atoms. The van der Waals surface area contributed by atoms with E-state index in [9.17, 15) is 9.59 Å². The first kappa shape index (κ1) is 19.8. The molecule has 2 rings (SSSR count). The van der Waals surface area contributed by atoms with Crippen molar-refractivity contribution in [2.45, 2.75) is 52.2 Å². The molecule has 0 saturated heterocycles. The fourth-order valence-corrected chi connectivity index (χ4v) is 2.75. The van der Waals surface area contributed by atoms with Gasteiger partial charge < -0.3 is 19.4 Å². The number of methoxy groups -OCH3 is 1. The van der Waals surface area contributed by atoms with Gasteiger partial charge in [-0.05, 0) is 39.3 Å². The van der Waals surface area contributed by atoms with Gasteiger partial charge >= 0.3 is 12.1 Å². The zero-order valence-corrected chi connectivity index (χ0v) is 16.0. The zero-order chi connectivity index (χ0) is 19.3. The maximum Gasteiger partial charge on any atom is 0.407 e. The molecule has 1 aromatic heterocycles. The Labute approximate surface area is 153 Å². The van der Waals surface area contributed by atoms with E-state index >= 15 is 0 Å². The quantitative estimate of drug-likeness (QED) is 0.799. The van der Waals surface area contributed by atoms with E-state index in [-0.39, 0.29) is 6.54 Å². The summed E-state index contributed by atoms with van der Waals surface area (Å²) < 4.78 is 12.1. The van der Waals surface area contributed by atoms with Crippen LogP contribution in [0.5, 0.6) is 0 Å². The highest BCUT2D eigenvalue weighted by Crippen LogP contribution is 2.23. The second kappa shape index (κ2) is 8.21. The minimum atomic E-state index is -0.721. The predicted molar refractivity (Wildman–Crippen MR) is 99.0 cm³/mol. The number of esters is 1. The number of nitrogens with one attached hydrogen (secondary N) is 1. The van der Waals surface area contributed by atoms with Gasteiger partial charge in [-0.3, -0.25) is 0 Å². The van der Waals surface area contributed by atoms with Crippen molar-refractivity contribution in [2.75, 3.05) is 13.7 Å². The third-order valence-corrected chi connectivity index (χ3v) is 3.77. The topological polar surface area (TPSA) is 82.5 Å². The molecule has 0 saturated carbocycles. The molecule has 1 heterocycles. The van der Waals surface area contributed by atoms with Crippen LogP contribution >= 0.6 is 0 Å². The minimum Gasteiger partial charge on any atom is -0.467 e. The maximum absolute atomic E-state index is 12.4. The molecule has 1 N–H and O–H groups in total. The first-order valence-electron chi connectivity index (χ1n) is 8.77. The number of nitrogens with zero attached hydrogens (tertiary/aromatic N) is 2. The lowest BCUT2D eigenvalue weighted by Gasteiger charge is -2.23. The largest absolute Gasteiger partial charge is 0.467 e. The van der Waals surface area contributed by atoms with Crippen molar-refractivity contribution in [2.24, 2.45) is 0 Å². The molecule has 0 bridgehead atoms. The summed E-state index contributed by atoms with van der Waals surface area (Å²) in [5.74, 6) is 0.344. The third-order valence-electron chi connectivity index (χ3n) is 3.77. The number of imidazole rings is 1. The summed E-state index contributed by atoms with van der Waals surface area (Å²) in [7, 11) is 1.33. The molecular weight excluding hydrogens is 334 g/mol. The highest BCUT2D eigenvalue weighted by molar-refractivity contribution is 5.82. The van der Waals surface area contributed by atoms with E-state index in [0.29, 0.717) is 6.42 Å². The number of alkyl carbamates (subject to hydrolysis) is 1. The van der Waals surface area contributed by atoms with Crippen molar-refractivity contribution in [1.29, 1.82) is 0 Å². The average Bonchev–Trinajstić information content (AvgIpc) is 2.92. The SMILES string of the molecule is CCCc1nc2ccccc2n1C(CNC(=O)OC(C)(C)C)C(=O)OC. The molecule has 142 valence electrons. The van der Waals surface area contributed by atoms with Crippen molar-refractivity contribution in [1.82, 2.24) is 14.9 Å². The Kier molecular flexibility index (Phi) is 6.23. The molecular formula is C19H27N3O4. The lowest BCUT2D eigenvalue weighted by Crippen LogP contribution is -2.38. The molecule has 2 aromatic rings. The van der Waals surface area contributed by atoms with Crippen molar-refractivity contribution in [3.63, 3.8) is 0 Å². The number of amides is 1. The van der Waals surface area contributed by atoms with Gasteiger partial charge in [-0.25, -0.2) is 14.6 Å². The summed E-state index contributed by atoms with van der Waals surface area (Å²) in [5.41, 5.74) is 1.03. The Morgan fingerprint density at radius 3 is 2.58 bits per heavy atom. The van der Waals surface area contributed by atoms with E-state index in [1.165, 1.54) is 7.11 Å². The van der Waals surface area contributed by atoms with Crippen LogP contribution in [0.3, 0.4) is 0 Å². The third kappa shape index (κ3) is 4.74. The van der Waals surface area contributed by atoms with Crippen LogP contribution in [0.4, 0.5) is 4.79 Å². The van der Waals surface area contributed by atoms with Gasteiger partial charge in [-0.15, -0.1) is 0 Å². The maximum atomic E-state index is 12.4. The molecule has 0 radical (unpaired) electrons. The van der Waals surface area contributed by atoms with Gasteiger partial charge in [-0.2, -0.15) is 0 Å². The number of fused-ring (bicyclic) bond motifs is 1. The van der Waals surface area contributed by atoms with Crippen LogP contribution in [0.2, 0.25) is 0 Å². The van der Waals surface area contributed by atoms with E-state index in [1.807, 2.05) is 28.8 Å². The summed E-state index contributed by atoms with van der Waals surface area (Å²) in [6.45, 7) is 7.46. The molecule has 1 atom stereocenters. The van der Waals surface area contributed by atoms with E-state index in [0.717, 1.165) is 23.3 Å². The van der Waals surface area contributed by atoms with Crippen molar-refractivity contribution in [3.8, 4) is 0 Å². The molecule has 26 heavy (non-hydrogen) atoms. The summed E-state index contributed by atoms with van der Waals surface area (Å²) >= 11 is 0. The summed E-state index contributed by atoms with van der Waals surface area (Å²) in [6.07, 6.45) is 1.03. The number of rotatable bonds is 6. The van der Waals surface area contributed by atoms with E-state index in [4.69, 9.17) is 9.47 Å². The monoisotopic (exact) mass is 361 g/mol. The number of hydrogen-bond acceptors (Lipinski definition) is 5. The van der Waals surface area contributed by atoms with Crippen LogP contribution < -0.4 is 5.32 Å². The second-order valence-electron chi connectivity index (χ2n) is 7.06. The van der Waals surface area contributed by atoms with Gasteiger partial charge in [0.05, 0.1) is 24.7 Å². The number of aryl methyl sites for hydroxylation is 1. The van der Waals surface area contributed by atoms with Crippen LogP contribution in [0, 0.1) is 0 Å². The molecule has 7 heteroatoms. The Hall–Kier alpha value is -2.57. The van der Waals surface area contributed by atoms with Gasteiger partial charge in [-0.1, -0.05) is 19.1 Å². The molecule has 0 aliphatic heterocycles. The Morgan fingerprint density at radius 1 is 1.27 bits per heavy atom. The van der Waals surface area contributed by atoms with Gasteiger partial charge in [0.2, 0.25) is 0 Å². The number of hydrogen-bond donors (Lipinski definition) is 1. The van der Waals surface area contributed by atoms with Crippen molar-refractivity contribution in [3.05, 3.63) is 30.1 Å². The van der Waals surface area contributed by atoms with Gasteiger partial charge in [0.1, 0.15) is 17.5 Å². The molecule has 1 aromatic carbocycles. The van der Waals surface area contributed by atoms with E-state index in [1.54, 1.807) is 20.8 Å². The Bertz CT molecular complexity index is 777. The highest BCUT2D eigenvalue weighted by atomic mass is 16.6. The fourth-order valence-electron chi connectivity index (χ4n) is 2.75. The van der Waals surface area contributed by atoms with Crippen molar-refractivity contribution >= 4 is 23.1 Å². The first-order valence-corrected chi connectivity index (χ1v) is 8.77. The highest BCUT2D eigenvalue weighted by Gasteiger charge is 2.27. The molecule has 7 nitrogen and oxygen atoms in total. The number of carbonyl (C=O) groups excluding carboxylic acids is 2. The van der Waals surface area contributed by atoms with E-state index in [2.05, 4.69) is 17.2 Å². The van der Waals surface area contributed by atoms with Gasteiger partial charge in [0.15, 0.2) is 0 Å². The first-order chi connectivity index (χ1) is 12.3. The summed E-state index contributed by atoms with van der Waals surface area (Å²) in [4.78, 5) is 29.1. The molecule has 1 amide bonds. The van der Waals surface area contributed by atoms with Crippen LogP contribution in [-0.4, -0.2) is 40.9 Å². The standard InChI is InChI=1S/C19H27N3O4/c1-6-9-16-21-13-10-7-8-11-14(13)22(16)15(17(23)25-5)12-20-18(24)26-19(2,3)4/h7-8,10-11,15H,6,9,12H2,1-5H3,(H,20,24). The molecule has 0 aliphatic rings.